The van der Waals surface area contributed by atoms with Crippen LogP contribution < -0.4 is 10.6 Å². The molecule has 0 spiro atoms. The molecule has 0 amide bonds. The summed E-state index contributed by atoms with van der Waals surface area (Å²) in [6.45, 7) is 9.00. The second kappa shape index (κ2) is 7.04. The number of hydrogen-bond acceptors (Lipinski definition) is 4. The molecule has 0 radical (unpaired) electrons. The number of aromatic nitrogens is 1. The summed E-state index contributed by atoms with van der Waals surface area (Å²) in [5, 5.41) is 0. The third kappa shape index (κ3) is 3.49. The van der Waals surface area contributed by atoms with E-state index in [0.29, 0.717) is 6.04 Å². The van der Waals surface area contributed by atoms with Gasteiger partial charge in [0, 0.05) is 18.8 Å². The highest BCUT2D eigenvalue weighted by atomic mass is 16.5. The summed E-state index contributed by atoms with van der Waals surface area (Å²) in [5.74, 6) is 1.11. The molecule has 1 fully saturated rings. The smallest absolute Gasteiger partial charge is 0.131 e. The Morgan fingerprint density at radius 1 is 1.50 bits per heavy atom. The van der Waals surface area contributed by atoms with Crippen molar-refractivity contribution in [3.8, 4) is 0 Å². The minimum absolute atomic E-state index is 0.230. The molecule has 4 nitrogen and oxygen atoms in total. The first-order chi connectivity index (χ1) is 9.65. The fraction of sp³-hybridized carbons (Fsp3) is 0.688. The molecule has 1 aromatic rings. The first kappa shape index (κ1) is 15.3. The summed E-state index contributed by atoms with van der Waals surface area (Å²) in [4.78, 5) is 7.09. The van der Waals surface area contributed by atoms with Crippen molar-refractivity contribution in [2.24, 2.45) is 5.73 Å². The fourth-order valence-electron chi connectivity index (χ4n) is 2.76. The highest BCUT2D eigenvalue weighted by Crippen LogP contribution is 2.23. The highest BCUT2D eigenvalue weighted by Gasteiger charge is 2.23. The van der Waals surface area contributed by atoms with Crippen LogP contribution in [0.15, 0.2) is 12.3 Å². The highest BCUT2D eigenvalue weighted by molar-refractivity contribution is 5.48. The van der Waals surface area contributed by atoms with Crippen LogP contribution in [0.4, 0.5) is 5.82 Å². The molecule has 4 heteroatoms. The molecule has 0 aliphatic carbocycles. The number of pyridine rings is 1. The fourth-order valence-corrected chi connectivity index (χ4v) is 2.76. The lowest BCUT2D eigenvalue weighted by atomic mass is 10.0. The second-order valence-electron chi connectivity index (χ2n) is 5.69. The first-order valence-corrected chi connectivity index (χ1v) is 7.71. The minimum Gasteiger partial charge on any atom is -0.377 e. The lowest BCUT2D eigenvalue weighted by Crippen LogP contribution is -2.46. The molecule has 112 valence electrons. The molecule has 2 N–H and O–H groups in total. The third-order valence-corrected chi connectivity index (χ3v) is 4.10. The van der Waals surface area contributed by atoms with Gasteiger partial charge in [0.1, 0.15) is 5.82 Å². The molecular formula is C16H27N3O. The van der Waals surface area contributed by atoms with Gasteiger partial charge in [0.05, 0.1) is 19.3 Å². The van der Waals surface area contributed by atoms with Crippen LogP contribution >= 0.6 is 0 Å². The summed E-state index contributed by atoms with van der Waals surface area (Å²) >= 11 is 0. The van der Waals surface area contributed by atoms with Gasteiger partial charge in [0.15, 0.2) is 0 Å². The van der Waals surface area contributed by atoms with Gasteiger partial charge in [-0.15, -0.1) is 0 Å². The average Bonchev–Trinajstić information content (AvgIpc) is 2.47. The van der Waals surface area contributed by atoms with E-state index in [-0.39, 0.29) is 6.04 Å². The zero-order chi connectivity index (χ0) is 14.5. The molecule has 0 aromatic carbocycles. The van der Waals surface area contributed by atoms with Gasteiger partial charge in [-0.1, -0.05) is 19.9 Å². The van der Waals surface area contributed by atoms with Gasteiger partial charge in [-0.3, -0.25) is 0 Å². The van der Waals surface area contributed by atoms with Gasteiger partial charge >= 0.3 is 0 Å². The van der Waals surface area contributed by atoms with Crippen LogP contribution in [0.3, 0.4) is 0 Å². The lowest BCUT2D eigenvalue weighted by Gasteiger charge is -2.36. The van der Waals surface area contributed by atoms with Gasteiger partial charge in [0.2, 0.25) is 0 Å². The van der Waals surface area contributed by atoms with Crippen molar-refractivity contribution < 1.29 is 4.74 Å². The normalized spacial score (nSPS) is 21.0. The van der Waals surface area contributed by atoms with Gasteiger partial charge in [-0.05, 0) is 37.3 Å². The van der Waals surface area contributed by atoms with E-state index in [9.17, 15) is 0 Å². The molecule has 2 unspecified atom stereocenters. The topological polar surface area (TPSA) is 51.4 Å². The number of nitrogens with two attached hydrogens (primary N) is 1. The Morgan fingerprint density at radius 2 is 2.30 bits per heavy atom. The van der Waals surface area contributed by atoms with Crippen LogP contribution in [-0.4, -0.2) is 36.8 Å². The molecule has 2 atom stereocenters. The summed E-state index contributed by atoms with van der Waals surface area (Å²) in [6, 6.07) is 2.91. The monoisotopic (exact) mass is 277 g/mol. The standard InChI is InChI=1S/C16H27N3O/c1-4-14(17)9-13-8-12(3)16(18-10-13)19-6-7-20-11-15(19)5-2/h8,10,14-15H,4-7,9,11,17H2,1-3H3. The van der Waals surface area contributed by atoms with Crippen molar-refractivity contribution in [2.45, 2.75) is 52.1 Å². The van der Waals surface area contributed by atoms with Gasteiger partial charge in [-0.25, -0.2) is 4.98 Å². The Bertz CT molecular complexity index is 436. The number of rotatable bonds is 5. The predicted molar refractivity (Wildman–Crippen MR) is 83.2 cm³/mol. The second-order valence-corrected chi connectivity index (χ2v) is 5.69. The quantitative estimate of drug-likeness (QED) is 0.897. The van der Waals surface area contributed by atoms with Crippen LogP contribution in [0.25, 0.3) is 0 Å². The Labute approximate surface area is 122 Å². The Balaban J connectivity index is 2.16. The molecule has 2 heterocycles. The van der Waals surface area contributed by atoms with Gasteiger partial charge < -0.3 is 15.4 Å². The van der Waals surface area contributed by atoms with E-state index in [4.69, 9.17) is 15.5 Å². The van der Waals surface area contributed by atoms with Crippen LogP contribution in [0.1, 0.15) is 37.8 Å². The molecule has 20 heavy (non-hydrogen) atoms. The number of nitrogens with zero attached hydrogens (tertiary/aromatic N) is 2. The van der Waals surface area contributed by atoms with Crippen LogP contribution in [0.2, 0.25) is 0 Å². The molecule has 1 aliphatic rings. The zero-order valence-electron chi connectivity index (χ0n) is 12.9. The van der Waals surface area contributed by atoms with Crippen molar-refractivity contribution >= 4 is 5.82 Å². The number of aryl methyl sites for hydroxylation is 1. The Hall–Kier alpha value is -1.13. The van der Waals surface area contributed by atoms with E-state index in [2.05, 4.69) is 31.7 Å². The number of anilines is 1. The Morgan fingerprint density at radius 3 is 2.95 bits per heavy atom. The minimum atomic E-state index is 0.230. The van der Waals surface area contributed by atoms with Crippen LogP contribution in [0.5, 0.6) is 0 Å². The lowest BCUT2D eigenvalue weighted by molar-refractivity contribution is 0.0925. The largest absolute Gasteiger partial charge is 0.377 e. The van der Waals surface area contributed by atoms with E-state index >= 15 is 0 Å². The maximum absolute atomic E-state index is 6.02. The van der Waals surface area contributed by atoms with Crippen LogP contribution in [0, 0.1) is 6.92 Å². The van der Waals surface area contributed by atoms with Gasteiger partial charge in [0.25, 0.3) is 0 Å². The van der Waals surface area contributed by atoms with Gasteiger partial charge in [-0.2, -0.15) is 0 Å². The average molecular weight is 277 g/mol. The number of ether oxygens (including phenoxy) is 1. The molecule has 1 aromatic heterocycles. The Kier molecular flexibility index (Phi) is 5.38. The van der Waals surface area contributed by atoms with E-state index in [1.165, 1.54) is 11.1 Å². The summed E-state index contributed by atoms with van der Waals surface area (Å²) in [6.07, 6.45) is 4.98. The molecule has 2 rings (SSSR count). The number of hydrogen-bond donors (Lipinski definition) is 1. The van der Waals surface area contributed by atoms with Crippen molar-refractivity contribution in [1.29, 1.82) is 0 Å². The van der Waals surface area contributed by atoms with Crippen LogP contribution in [-0.2, 0) is 11.2 Å². The van der Waals surface area contributed by atoms with E-state index in [1.54, 1.807) is 0 Å². The molecule has 0 bridgehead atoms. The molecule has 1 aliphatic heterocycles. The zero-order valence-corrected chi connectivity index (χ0v) is 12.9. The predicted octanol–water partition coefficient (Wildman–Crippen LogP) is 2.29. The summed E-state index contributed by atoms with van der Waals surface area (Å²) in [5.41, 5.74) is 8.50. The maximum Gasteiger partial charge on any atom is 0.131 e. The van der Waals surface area contributed by atoms with Crippen molar-refractivity contribution in [3.63, 3.8) is 0 Å². The SMILES string of the molecule is CCC(N)Cc1cnc(N2CCOCC2CC)c(C)c1. The molecular weight excluding hydrogens is 250 g/mol. The summed E-state index contributed by atoms with van der Waals surface area (Å²) in [7, 11) is 0. The van der Waals surface area contributed by atoms with Crippen molar-refractivity contribution in [2.75, 3.05) is 24.7 Å². The van der Waals surface area contributed by atoms with Crippen molar-refractivity contribution in [1.82, 2.24) is 4.98 Å². The van der Waals surface area contributed by atoms with E-state index < -0.39 is 0 Å². The summed E-state index contributed by atoms with van der Waals surface area (Å²) < 4.78 is 5.57. The van der Waals surface area contributed by atoms with E-state index in [0.717, 1.165) is 44.8 Å². The third-order valence-electron chi connectivity index (χ3n) is 4.10. The van der Waals surface area contributed by atoms with E-state index in [1.807, 2.05) is 6.20 Å². The molecule has 1 saturated heterocycles. The molecule has 0 saturated carbocycles. The first-order valence-electron chi connectivity index (χ1n) is 7.71. The maximum atomic E-state index is 6.02. The number of morpholine rings is 1. The van der Waals surface area contributed by atoms with Crippen molar-refractivity contribution in [3.05, 3.63) is 23.4 Å².